The van der Waals surface area contributed by atoms with Gasteiger partial charge in [0.1, 0.15) is 0 Å². The van der Waals surface area contributed by atoms with E-state index >= 15 is 0 Å². The Kier molecular flexibility index (Phi) is 19.2. The van der Waals surface area contributed by atoms with Crippen molar-refractivity contribution in [2.75, 3.05) is 13.1 Å². The van der Waals surface area contributed by atoms with Crippen LogP contribution >= 0.6 is 0 Å². The molecule has 0 saturated heterocycles. The molecule has 1 rings (SSSR count). The molecule has 1 heteroatoms. The summed E-state index contributed by atoms with van der Waals surface area (Å²) in [6.07, 6.45) is 32.4. The van der Waals surface area contributed by atoms with E-state index in [0.29, 0.717) is 0 Å². The van der Waals surface area contributed by atoms with Crippen molar-refractivity contribution in [3.05, 3.63) is 0 Å². The van der Waals surface area contributed by atoms with E-state index in [4.69, 9.17) is 0 Å². The summed E-state index contributed by atoms with van der Waals surface area (Å²) in [5.74, 6) is 1.04. The Bertz CT molecular complexity index is 259. The molecule has 0 aromatic carbocycles. The van der Waals surface area contributed by atoms with Crippen molar-refractivity contribution < 1.29 is 0 Å². The van der Waals surface area contributed by atoms with Gasteiger partial charge in [0.25, 0.3) is 0 Å². The smallest absolute Gasteiger partial charge is 0.00489 e. The lowest BCUT2D eigenvalue weighted by Gasteiger charge is -2.17. The summed E-state index contributed by atoms with van der Waals surface area (Å²) < 4.78 is 0. The summed E-state index contributed by atoms with van der Waals surface area (Å²) in [5, 5.41) is 3.63. The van der Waals surface area contributed by atoms with Gasteiger partial charge in [-0.2, -0.15) is 0 Å². The number of nitrogens with one attached hydrogen (secondary N) is 1. The molecule has 1 aliphatic rings. The average molecular weight is 380 g/mol. The molecule has 0 atom stereocenters. The Labute approximate surface area is 172 Å². The van der Waals surface area contributed by atoms with Crippen molar-refractivity contribution in [1.82, 2.24) is 5.32 Å². The summed E-state index contributed by atoms with van der Waals surface area (Å²) in [6, 6.07) is 0. The van der Waals surface area contributed by atoms with Crippen molar-refractivity contribution in [1.29, 1.82) is 0 Å². The molecule has 1 aliphatic carbocycles. The highest BCUT2D eigenvalue weighted by Crippen LogP contribution is 2.24. The van der Waals surface area contributed by atoms with Crippen LogP contribution in [0.15, 0.2) is 0 Å². The maximum atomic E-state index is 3.63. The molecule has 0 aliphatic heterocycles. The number of rotatable bonds is 10. The van der Waals surface area contributed by atoms with Gasteiger partial charge < -0.3 is 5.32 Å². The van der Waals surface area contributed by atoms with Crippen LogP contribution in [0.25, 0.3) is 0 Å². The molecular formula is C26H53N. The minimum Gasteiger partial charge on any atom is -0.317 e. The van der Waals surface area contributed by atoms with Crippen LogP contribution in [0.1, 0.15) is 148 Å². The van der Waals surface area contributed by atoms with Crippen LogP contribution in [0.5, 0.6) is 0 Å². The molecule has 27 heavy (non-hydrogen) atoms. The maximum absolute atomic E-state index is 3.63. The lowest BCUT2D eigenvalue weighted by atomic mass is 9.89. The maximum Gasteiger partial charge on any atom is -0.00489 e. The minimum atomic E-state index is 1.04. The molecule has 1 nitrogen and oxygen atoms in total. The molecule has 1 N–H and O–H groups in total. The topological polar surface area (TPSA) is 12.0 Å². The predicted octanol–water partition coefficient (Wildman–Crippen LogP) is 8.81. The van der Waals surface area contributed by atoms with Crippen LogP contribution in [-0.4, -0.2) is 13.1 Å². The molecule has 0 amide bonds. The largest absolute Gasteiger partial charge is 0.317 e. The molecule has 1 saturated carbocycles. The molecule has 0 radical (unpaired) electrons. The van der Waals surface area contributed by atoms with Crippen LogP contribution in [-0.2, 0) is 0 Å². The fourth-order valence-electron chi connectivity index (χ4n) is 4.73. The van der Waals surface area contributed by atoms with E-state index in [-0.39, 0.29) is 0 Å². The number of hydrogen-bond acceptors (Lipinski definition) is 1. The van der Waals surface area contributed by atoms with Gasteiger partial charge in [0.05, 0.1) is 0 Å². The van der Waals surface area contributed by atoms with E-state index in [0.717, 1.165) is 5.92 Å². The third-order valence-electron chi connectivity index (χ3n) is 6.65. The van der Waals surface area contributed by atoms with Gasteiger partial charge in [0.2, 0.25) is 0 Å². The molecule has 162 valence electrons. The quantitative estimate of drug-likeness (QED) is 0.374. The van der Waals surface area contributed by atoms with Gasteiger partial charge >= 0.3 is 0 Å². The van der Waals surface area contributed by atoms with Crippen molar-refractivity contribution >= 4 is 0 Å². The first-order valence-electron chi connectivity index (χ1n) is 13.1. The molecular weight excluding hydrogens is 326 g/mol. The van der Waals surface area contributed by atoms with Gasteiger partial charge in [-0.05, 0) is 31.8 Å². The Morgan fingerprint density at radius 3 is 1.44 bits per heavy atom. The molecule has 0 spiro atoms. The molecule has 0 unspecified atom stereocenters. The van der Waals surface area contributed by atoms with Crippen LogP contribution < -0.4 is 5.32 Å². The zero-order valence-corrected chi connectivity index (χ0v) is 19.0. The third kappa shape index (κ3) is 17.8. The van der Waals surface area contributed by atoms with Crippen molar-refractivity contribution in [3.63, 3.8) is 0 Å². The van der Waals surface area contributed by atoms with Crippen LogP contribution in [0, 0.1) is 5.92 Å². The molecule has 1 fully saturated rings. The summed E-state index contributed by atoms with van der Waals surface area (Å²) in [4.78, 5) is 0. The lowest BCUT2D eigenvalue weighted by molar-refractivity contribution is 0.364. The van der Waals surface area contributed by atoms with Crippen molar-refractivity contribution in [2.24, 2.45) is 5.92 Å². The number of hydrogen-bond donors (Lipinski definition) is 1. The molecule has 0 aromatic heterocycles. The first-order chi connectivity index (χ1) is 13.4. The van der Waals surface area contributed by atoms with Gasteiger partial charge in [-0.25, -0.2) is 0 Å². The molecule has 0 aromatic rings. The molecule has 0 bridgehead atoms. The zero-order chi connectivity index (χ0) is 19.3. The lowest BCUT2D eigenvalue weighted by Crippen LogP contribution is -2.16. The van der Waals surface area contributed by atoms with E-state index in [9.17, 15) is 0 Å². The Morgan fingerprint density at radius 1 is 0.519 bits per heavy atom. The van der Waals surface area contributed by atoms with E-state index in [1.165, 1.54) is 154 Å². The highest BCUT2D eigenvalue weighted by atomic mass is 14.8. The second kappa shape index (κ2) is 20.7. The second-order valence-electron chi connectivity index (χ2n) is 9.35. The van der Waals surface area contributed by atoms with Crippen LogP contribution in [0.4, 0.5) is 0 Å². The summed E-state index contributed by atoms with van der Waals surface area (Å²) in [7, 11) is 0. The van der Waals surface area contributed by atoms with Gasteiger partial charge in [-0.15, -0.1) is 0 Å². The van der Waals surface area contributed by atoms with Crippen LogP contribution in [0.3, 0.4) is 0 Å². The minimum absolute atomic E-state index is 1.04. The monoisotopic (exact) mass is 379 g/mol. The summed E-state index contributed by atoms with van der Waals surface area (Å²) in [6.45, 7) is 4.76. The fourth-order valence-corrected chi connectivity index (χ4v) is 4.73. The first kappa shape index (κ1) is 25.0. The van der Waals surface area contributed by atoms with Gasteiger partial charge in [-0.3, -0.25) is 0 Å². The standard InChI is InChI=1S/C26H53N/c1-2-3-19-24-27-25-20-15-18-23-26-21-16-13-11-9-7-5-4-6-8-10-12-14-17-22-26/h26-27H,2-25H2,1H3. The Balaban J connectivity index is 2.09. The highest BCUT2D eigenvalue weighted by molar-refractivity contribution is 4.63. The first-order valence-corrected chi connectivity index (χ1v) is 13.1. The zero-order valence-electron chi connectivity index (χ0n) is 19.0. The average Bonchev–Trinajstić information content (AvgIpc) is 2.68. The fraction of sp³-hybridized carbons (Fsp3) is 1.00. The van der Waals surface area contributed by atoms with E-state index < -0.39 is 0 Å². The highest BCUT2D eigenvalue weighted by Gasteiger charge is 2.09. The van der Waals surface area contributed by atoms with Crippen molar-refractivity contribution in [3.8, 4) is 0 Å². The third-order valence-corrected chi connectivity index (χ3v) is 6.65. The normalized spacial score (nSPS) is 19.9. The summed E-state index contributed by atoms with van der Waals surface area (Å²) in [5.41, 5.74) is 0. The van der Waals surface area contributed by atoms with E-state index in [1.54, 1.807) is 0 Å². The molecule has 0 heterocycles. The van der Waals surface area contributed by atoms with E-state index in [1.807, 2.05) is 0 Å². The SMILES string of the molecule is CCCCCNCCCCCC1CCCCCCCCCCCCCCC1. The van der Waals surface area contributed by atoms with Gasteiger partial charge in [0.15, 0.2) is 0 Å². The van der Waals surface area contributed by atoms with Gasteiger partial charge in [0, 0.05) is 0 Å². The predicted molar refractivity (Wildman–Crippen MR) is 124 cm³/mol. The second-order valence-corrected chi connectivity index (χ2v) is 9.35. The summed E-state index contributed by atoms with van der Waals surface area (Å²) >= 11 is 0. The Hall–Kier alpha value is -0.0400. The van der Waals surface area contributed by atoms with Crippen molar-refractivity contribution in [2.45, 2.75) is 148 Å². The Morgan fingerprint density at radius 2 is 0.963 bits per heavy atom. The van der Waals surface area contributed by atoms with Gasteiger partial charge in [-0.1, -0.05) is 135 Å². The van der Waals surface area contributed by atoms with E-state index in [2.05, 4.69) is 12.2 Å². The number of unbranched alkanes of at least 4 members (excludes halogenated alkanes) is 4. The van der Waals surface area contributed by atoms with Crippen LogP contribution in [0.2, 0.25) is 0 Å².